The van der Waals surface area contributed by atoms with Crippen LogP contribution in [-0.4, -0.2) is 45.4 Å². The number of nitrogens with zero attached hydrogens (tertiary/aromatic N) is 1. The van der Waals surface area contributed by atoms with Crippen molar-refractivity contribution in [2.24, 2.45) is 0 Å². The average molecular weight is 362 g/mol. The first-order valence-electron chi connectivity index (χ1n) is 7.77. The second-order valence-corrected chi connectivity index (χ2v) is 5.93. The van der Waals surface area contributed by atoms with Gasteiger partial charge in [-0.3, -0.25) is 9.78 Å². The molecule has 1 saturated carbocycles. The number of nitrogens with one attached hydrogen (secondary N) is 1. The number of alkyl halides is 3. The zero-order valence-corrected chi connectivity index (χ0v) is 13.8. The molecule has 0 aliphatic heterocycles. The molecule has 0 unspecified atom stereocenters. The molecule has 1 aromatic heterocycles. The van der Waals surface area contributed by atoms with Gasteiger partial charge in [-0.1, -0.05) is 12.8 Å². The molecule has 0 atom stereocenters. The van der Waals surface area contributed by atoms with Crippen molar-refractivity contribution in [2.75, 3.05) is 6.54 Å². The van der Waals surface area contributed by atoms with E-state index in [9.17, 15) is 23.1 Å². The summed E-state index contributed by atoms with van der Waals surface area (Å²) < 4.78 is 31.7. The van der Waals surface area contributed by atoms with Crippen LogP contribution in [-0.2, 0) is 4.79 Å². The molecule has 1 amide bonds. The van der Waals surface area contributed by atoms with E-state index in [1.165, 1.54) is 0 Å². The predicted molar refractivity (Wildman–Crippen MR) is 83.0 cm³/mol. The van der Waals surface area contributed by atoms with Gasteiger partial charge in [0.15, 0.2) is 0 Å². The van der Waals surface area contributed by atoms with E-state index in [4.69, 9.17) is 9.90 Å². The second kappa shape index (κ2) is 8.80. The summed E-state index contributed by atoms with van der Waals surface area (Å²) in [4.78, 5) is 24.8. The smallest absolute Gasteiger partial charge is 0.475 e. The molecule has 0 radical (unpaired) electrons. The highest BCUT2D eigenvalue weighted by Gasteiger charge is 2.38. The molecule has 1 fully saturated rings. The van der Waals surface area contributed by atoms with Crippen molar-refractivity contribution in [3.8, 4) is 0 Å². The molecule has 0 aromatic carbocycles. The van der Waals surface area contributed by atoms with E-state index in [1.807, 2.05) is 13.0 Å². The van der Waals surface area contributed by atoms with E-state index >= 15 is 0 Å². The van der Waals surface area contributed by atoms with Gasteiger partial charge in [-0.15, -0.1) is 0 Å². The van der Waals surface area contributed by atoms with Gasteiger partial charge in [0.1, 0.15) is 0 Å². The van der Waals surface area contributed by atoms with Crippen LogP contribution in [0.25, 0.3) is 0 Å². The van der Waals surface area contributed by atoms with Crippen molar-refractivity contribution in [1.29, 1.82) is 0 Å². The number of carbonyl (C=O) groups excluding carboxylic acids is 1. The van der Waals surface area contributed by atoms with Crippen molar-refractivity contribution in [3.05, 3.63) is 29.6 Å². The van der Waals surface area contributed by atoms with Crippen molar-refractivity contribution < 1.29 is 33.0 Å². The minimum Gasteiger partial charge on any atom is -0.475 e. The van der Waals surface area contributed by atoms with Crippen LogP contribution >= 0.6 is 0 Å². The Balaban J connectivity index is 0.000000381. The standard InChI is InChI=1S/C14H20N2O2.C2HF3O2/c1-11-4-5-12(10-16-11)13(17)15-9-8-14(18)6-2-3-7-14;3-2(4,5)1(6)7/h4-5,10,18H,2-3,6-9H2,1H3,(H,15,17);(H,6,7). The second-order valence-electron chi connectivity index (χ2n) is 5.93. The van der Waals surface area contributed by atoms with Gasteiger partial charge in [-0.25, -0.2) is 4.79 Å². The minimum atomic E-state index is -5.08. The highest BCUT2D eigenvalue weighted by molar-refractivity contribution is 5.93. The number of carboxylic acid groups (broad SMARTS) is 1. The average Bonchev–Trinajstić information content (AvgIpc) is 2.94. The van der Waals surface area contributed by atoms with E-state index in [-0.39, 0.29) is 5.91 Å². The molecule has 25 heavy (non-hydrogen) atoms. The summed E-state index contributed by atoms with van der Waals surface area (Å²) in [5, 5.41) is 20.1. The summed E-state index contributed by atoms with van der Waals surface area (Å²) in [6.45, 7) is 2.40. The number of halogens is 3. The van der Waals surface area contributed by atoms with Gasteiger partial charge in [0.25, 0.3) is 5.91 Å². The number of aliphatic hydroxyl groups is 1. The molecular weight excluding hydrogens is 341 g/mol. The fourth-order valence-corrected chi connectivity index (χ4v) is 2.40. The SMILES string of the molecule is Cc1ccc(C(=O)NCCC2(O)CCCC2)cn1.O=C(O)C(F)(F)F. The van der Waals surface area contributed by atoms with Crippen LogP contribution in [0, 0.1) is 6.92 Å². The highest BCUT2D eigenvalue weighted by Crippen LogP contribution is 2.31. The third-order valence-corrected chi connectivity index (χ3v) is 3.83. The van der Waals surface area contributed by atoms with Gasteiger partial charge in [-0.2, -0.15) is 13.2 Å². The van der Waals surface area contributed by atoms with Crippen LogP contribution < -0.4 is 5.32 Å². The largest absolute Gasteiger partial charge is 0.490 e. The Morgan fingerprint density at radius 3 is 2.28 bits per heavy atom. The topological polar surface area (TPSA) is 99.5 Å². The normalized spacial score (nSPS) is 15.9. The molecule has 0 saturated heterocycles. The molecule has 9 heteroatoms. The van der Waals surface area contributed by atoms with Gasteiger partial charge in [0.05, 0.1) is 11.2 Å². The number of aromatic nitrogens is 1. The quantitative estimate of drug-likeness (QED) is 0.764. The zero-order chi connectivity index (χ0) is 19.1. The maximum Gasteiger partial charge on any atom is 0.490 e. The number of rotatable bonds is 4. The summed E-state index contributed by atoms with van der Waals surface area (Å²) in [6.07, 6.45) is 1.02. The van der Waals surface area contributed by atoms with E-state index < -0.39 is 17.7 Å². The molecule has 1 aliphatic rings. The lowest BCUT2D eigenvalue weighted by Gasteiger charge is -2.21. The molecule has 2 rings (SSSR count). The summed E-state index contributed by atoms with van der Waals surface area (Å²) >= 11 is 0. The van der Waals surface area contributed by atoms with Gasteiger partial charge in [0, 0.05) is 18.4 Å². The molecule has 1 aliphatic carbocycles. The number of amides is 1. The molecule has 1 aromatic rings. The van der Waals surface area contributed by atoms with Crippen molar-refractivity contribution in [2.45, 2.75) is 50.8 Å². The molecular formula is C16H21F3N2O4. The Labute approximate surface area is 143 Å². The summed E-state index contributed by atoms with van der Waals surface area (Å²) in [5.74, 6) is -2.88. The minimum absolute atomic E-state index is 0.121. The molecule has 3 N–H and O–H groups in total. The number of hydrogen-bond donors (Lipinski definition) is 3. The van der Waals surface area contributed by atoms with Crippen LogP contribution in [0.4, 0.5) is 13.2 Å². The monoisotopic (exact) mass is 362 g/mol. The molecule has 1 heterocycles. The van der Waals surface area contributed by atoms with Crippen LogP contribution in [0.1, 0.15) is 48.2 Å². The maximum absolute atomic E-state index is 11.8. The van der Waals surface area contributed by atoms with Gasteiger partial charge in [0.2, 0.25) is 0 Å². The number of carbonyl (C=O) groups is 2. The Morgan fingerprint density at radius 2 is 1.84 bits per heavy atom. The van der Waals surface area contributed by atoms with Crippen molar-refractivity contribution in [1.82, 2.24) is 10.3 Å². The number of carboxylic acids is 1. The highest BCUT2D eigenvalue weighted by atomic mass is 19.4. The summed E-state index contributed by atoms with van der Waals surface area (Å²) in [7, 11) is 0. The fourth-order valence-electron chi connectivity index (χ4n) is 2.40. The lowest BCUT2D eigenvalue weighted by atomic mass is 9.98. The first kappa shape index (κ1) is 20.9. The molecule has 140 valence electrons. The van der Waals surface area contributed by atoms with Gasteiger partial charge < -0.3 is 15.5 Å². The number of aryl methyl sites for hydroxylation is 1. The number of hydrogen-bond acceptors (Lipinski definition) is 4. The van der Waals surface area contributed by atoms with E-state index in [2.05, 4.69) is 10.3 Å². The van der Waals surface area contributed by atoms with Gasteiger partial charge in [-0.05, 0) is 38.3 Å². The van der Waals surface area contributed by atoms with Crippen LogP contribution in [0.3, 0.4) is 0 Å². The van der Waals surface area contributed by atoms with E-state index in [0.717, 1.165) is 31.4 Å². The number of pyridine rings is 1. The Morgan fingerprint density at radius 1 is 1.28 bits per heavy atom. The molecule has 0 spiro atoms. The lowest BCUT2D eigenvalue weighted by molar-refractivity contribution is -0.192. The van der Waals surface area contributed by atoms with E-state index in [0.29, 0.717) is 18.5 Å². The van der Waals surface area contributed by atoms with E-state index in [1.54, 1.807) is 12.3 Å². The summed E-state index contributed by atoms with van der Waals surface area (Å²) in [5.41, 5.74) is 0.907. The first-order valence-corrected chi connectivity index (χ1v) is 7.77. The van der Waals surface area contributed by atoms with Crippen LogP contribution in [0.5, 0.6) is 0 Å². The van der Waals surface area contributed by atoms with Crippen molar-refractivity contribution >= 4 is 11.9 Å². The fraction of sp³-hybridized carbons (Fsp3) is 0.562. The predicted octanol–water partition coefficient (Wildman–Crippen LogP) is 2.45. The molecule has 6 nitrogen and oxygen atoms in total. The van der Waals surface area contributed by atoms with Gasteiger partial charge >= 0.3 is 12.1 Å². The third-order valence-electron chi connectivity index (χ3n) is 3.83. The number of aliphatic carboxylic acids is 1. The van der Waals surface area contributed by atoms with Crippen molar-refractivity contribution in [3.63, 3.8) is 0 Å². The van der Waals surface area contributed by atoms with Crippen LogP contribution in [0.15, 0.2) is 18.3 Å². The third kappa shape index (κ3) is 7.51. The zero-order valence-electron chi connectivity index (χ0n) is 13.8. The van der Waals surface area contributed by atoms with Crippen LogP contribution in [0.2, 0.25) is 0 Å². The molecule has 0 bridgehead atoms. The Bertz CT molecular complexity index is 582. The lowest BCUT2D eigenvalue weighted by Crippen LogP contribution is -2.32. The maximum atomic E-state index is 11.8. The summed E-state index contributed by atoms with van der Waals surface area (Å²) in [6, 6.07) is 3.58. The Hall–Kier alpha value is -2.16. The Kier molecular flexibility index (Phi) is 7.35. The first-order chi connectivity index (χ1) is 11.5.